The summed E-state index contributed by atoms with van der Waals surface area (Å²) in [7, 11) is 0. The van der Waals surface area contributed by atoms with Gasteiger partial charge in [0.2, 0.25) is 5.88 Å². The molecule has 0 aliphatic carbocycles. The van der Waals surface area contributed by atoms with E-state index in [9.17, 15) is 0 Å². The van der Waals surface area contributed by atoms with Gasteiger partial charge in [0, 0.05) is 29.2 Å². The molecule has 0 atom stereocenters. The Morgan fingerprint density at radius 1 is 1.14 bits per heavy atom. The van der Waals surface area contributed by atoms with Crippen molar-refractivity contribution in [1.82, 2.24) is 9.97 Å². The van der Waals surface area contributed by atoms with Crippen molar-refractivity contribution in [3.05, 3.63) is 58.9 Å². The van der Waals surface area contributed by atoms with Crippen LogP contribution < -0.4 is 4.74 Å². The predicted octanol–water partition coefficient (Wildman–Crippen LogP) is 5.12. The average molecular weight is 319 g/mol. The van der Waals surface area contributed by atoms with E-state index in [0.29, 0.717) is 28.0 Å². The quantitative estimate of drug-likeness (QED) is 0.628. The van der Waals surface area contributed by atoms with Gasteiger partial charge in [-0.15, -0.1) is 11.6 Å². The number of alkyl halides is 1. The molecule has 0 bridgehead atoms. The number of hydrogen-bond donors (Lipinski definition) is 0. The predicted molar refractivity (Wildman–Crippen MR) is 85.4 cm³/mol. The Labute approximate surface area is 132 Å². The van der Waals surface area contributed by atoms with E-state index in [1.165, 1.54) is 0 Å². The van der Waals surface area contributed by atoms with Crippen LogP contribution in [0.2, 0.25) is 5.02 Å². The minimum absolute atomic E-state index is 0.435. The van der Waals surface area contributed by atoms with Crippen LogP contribution in [0.15, 0.2) is 42.6 Å². The Bertz CT molecular complexity index is 805. The number of aromatic nitrogens is 2. The van der Waals surface area contributed by atoms with Gasteiger partial charge in [0.05, 0.1) is 5.02 Å². The number of fused-ring (bicyclic) bond motifs is 1. The number of ether oxygens (including phenoxy) is 1. The fourth-order valence-corrected chi connectivity index (χ4v) is 2.57. The first-order valence-electron chi connectivity index (χ1n) is 6.42. The summed E-state index contributed by atoms with van der Waals surface area (Å²) in [6.07, 6.45) is 1.71. The van der Waals surface area contributed by atoms with Crippen molar-refractivity contribution in [1.29, 1.82) is 0 Å². The first kappa shape index (κ1) is 14.1. The van der Waals surface area contributed by atoms with Crippen LogP contribution in [0.5, 0.6) is 11.6 Å². The van der Waals surface area contributed by atoms with Crippen LogP contribution in [0.1, 0.15) is 11.3 Å². The lowest BCUT2D eigenvalue weighted by molar-refractivity contribution is 0.465. The Hall–Kier alpha value is -1.84. The molecule has 0 spiro atoms. The van der Waals surface area contributed by atoms with E-state index < -0.39 is 0 Å². The first-order chi connectivity index (χ1) is 10.2. The molecule has 0 aliphatic heterocycles. The third-order valence-electron chi connectivity index (χ3n) is 3.21. The zero-order chi connectivity index (χ0) is 14.8. The molecule has 0 fully saturated rings. The summed E-state index contributed by atoms with van der Waals surface area (Å²) in [5, 5.41) is 1.50. The number of pyridine rings is 2. The van der Waals surface area contributed by atoms with E-state index in [1.54, 1.807) is 24.4 Å². The monoisotopic (exact) mass is 318 g/mol. The fraction of sp³-hybridized carbons (Fsp3) is 0.125. The van der Waals surface area contributed by atoms with Gasteiger partial charge < -0.3 is 4.74 Å². The van der Waals surface area contributed by atoms with Crippen LogP contribution >= 0.6 is 23.2 Å². The molecule has 2 aromatic heterocycles. The summed E-state index contributed by atoms with van der Waals surface area (Å²) in [5.74, 6) is 1.57. The highest BCUT2D eigenvalue weighted by atomic mass is 35.5. The van der Waals surface area contributed by atoms with E-state index in [2.05, 4.69) is 9.97 Å². The molecule has 1 aromatic carbocycles. The average Bonchev–Trinajstić information content (AvgIpc) is 2.51. The molecule has 21 heavy (non-hydrogen) atoms. The smallest absolute Gasteiger partial charge is 0.219 e. The van der Waals surface area contributed by atoms with E-state index in [4.69, 9.17) is 27.9 Å². The normalized spacial score (nSPS) is 10.8. The molecule has 0 saturated carbocycles. The summed E-state index contributed by atoms with van der Waals surface area (Å²) in [4.78, 5) is 8.74. The number of hydrogen-bond acceptors (Lipinski definition) is 3. The third kappa shape index (κ3) is 2.80. The summed E-state index contributed by atoms with van der Waals surface area (Å²) in [6, 6.07) is 11.1. The first-order valence-corrected chi connectivity index (χ1v) is 7.34. The molecule has 0 amide bonds. The molecule has 3 rings (SSSR count). The highest BCUT2D eigenvalue weighted by molar-refractivity contribution is 6.35. The lowest BCUT2D eigenvalue weighted by Gasteiger charge is -2.10. The summed E-state index contributed by atoms with van der Waals surface area (Å²) in [5.41, 5.74) is 2.56. The maximum atomic E-state index is 6.17. The molecule has 106 valence electrons. The van der Waals surface area contributed by atoms with Gasteiger partial charge in [0.1, 0.15) is 5.52 Å². The molecular weight excluding hydrogens is 307 g/mol. The van der Waals surface area contributed by atoms with Crippen molar-refractivity contribution in [2.45, 2.75) is 12.8 Å². The molecule has 3 aromatic rings. The second kappa shape index (κ2) is 5.88. The molecule has 3 nitrogen and oxygen atoms in total. The minimum atomic E-state index is 0.435. The molecule has 5 heteroatoms. The molecule has 0 saturated heterocycles. The zero-order valence-electron chi connectivity index (χ0n) is 11.3. The standard InChI is InChI=1S/C16H12Cl2N2O/c1-10-11(9-17)4-7-15(20-10)21-14-6-5-13(18)12-3-2-8-19-16(12)14/h2-8H,9H2,1H3. The Morgan fingerprint density at radius 2 is 2.00 bits per heavy atom. The second-order valence-electron chi connectivity index (χ2n) is 4.57. The van der Waals surface area contributed by atoms with Crippen LogP contribution in [0, 0.1) is 6.92 Å². The van der Waals surface area contributed by atoms with Gasteiger partial charge in [-0.2, -0.15) is 0 Å². The highest BCUT2D eigenvalue weighted by Gasteiger charge is 2.09. The third-order valence-corrected chi connectivity index (χ3v) is 3.83. The maximum Gasteiger partial charge on any atom is 0.219 e. The van der Waals surface area contributed by atoms with Gasteiger partial charge in [0.15, 0.2) is 5.75 Å². The van der Waals surface area contributed by atoms with Gasteiger partial charge in [-0.3, -0.25) is 4.98 Å². The number of nitrogens with zero attached hydrogens (tertiary/aromatic N) is 2. The number of aryl methyl sites for hydroxylation is 1. The van der Waals surface area contributed by atoms with Crippen LogP contribution in [0.4, 0.5) is 0 Å². The molecule has 2 heterocycles. The largest absolute Gasteiger partial charge is 0.437 e. The van der Waals surface area contributed by atoms with E-state index in [1.807, 2.05) is 25.1 Å². The van der Waals surface area contributed by atoms with E-state index in [-0.39, 0.29) is 0 Å². The van der Waals surface area contributed by atoms with Crippen LogP contribution in [-0.4, -0.2) is 9.97 Å². The summed E-state index contributed by atoms with van der Waals surface area (Å²) in [6.45, 7) is 1.91. The van der Waals surface area contributed by atoms with Gasteiger partial charge in [-0.05, 0) is 36.8 Å². The van der Waals surface area contributed by atoms with E-state index >= 15 is 0 Å². The van der Waals surface area contributed by atoms with Gasteiger partial charge >= 0.3 is 0 Å². The summed E-state index contributed by atoms with van der Waals surface area (Å²) >= 11 is 12.0. The fourth-order valence-electron chi connectivity index (χ4n) is 2.07. The number of rotatable bonds is 3. The second-order valence-corrected chi connectivity index (χ2v) is 5.25. The van der Waals surface area contributed by atoms with Crippen molar-refractivity contribution in [2.24, 2.45) is 0 Å². The van der Waals surface area contributed by atoms with Crippen LogP contribution in [0.25, 0.3) is 10.9 Å². The minimum Gasteiger partial charge on any atom is -0.437 e. The lowest BCUT2D eigenvalue weighted by atomic mass is 10.2. The Kier molecular flexibility index (Phi) is 3.95. The SMILES string of the molecule is Cc1nc(Oc2ccc(Cl)c3cccnc23)ccc1CCl. The van der Waals surface area contributed by atoms with E-state index in [0.717, 1.165) is 16.6 Å². The zero-order valence-corrected chi connectivity index (χ0v) is 12.8. The highest BCUT2D eigenvalue weighted by Crippen LogP contribution is 2.32. The Balaban J connectivity index is 2.02. The van der Waals surface area contributed by atoms with Gasteiger partial charge in [-0.25, -0.2) is 4.98 Å². The van der Waals surface area contributed by atoms with Crippen LogP contribution in [0.3, 0.4) is 0 Å². The van der Waals surface area contributed by atoms with Crippen molar-refractivity contribution in [3.63, 3.8) is 0 Å². The molecule has 0 radical (unpaired) electrons. The van der Waals surface area contributed by atoms with Crippen LogP contribution in [-0.2, 0) is 5.88 Å². The molecule has 0 aliphatic rings. The maximum absolute atomic E-state index is 6.17. The molecular formula is C16H12Cl2N2O. The molecule has 0 N–H and O–H groups in total. The Morgan fingerprint density at radius 3 is 2.76 bits per heavy atom. The van der Waals surface area contributed by atoms with Gasteiger partial charge in [0.25, 0.3) is 0 Å². The topological polar surface area (TPSA) is 35.0 Å². The lowest BCUT2D eigenvalue weighted by Crippen LogP contribution is -1.95. The van der Waals surface area contributed by atoms with Crippen molar-refractivity contribution < 1.29 is 4.74 Å². The van der Waals surface area contributed by atoms with Crippen molar-refractivity contribution in [3.8, 4) is 11.6 Å². The van der Waals surface area contributed by atoms with Crippen molar-refractivity contribution >= 4 is 34.1 Å². The number of halogens is 2. The number of benzene rings is 1. The summed E-state index contributed by atoms with van der Waals surface area (Å²) < 4.78 is 5.85. The van der Waals surface area contributed by atoms with Crippen molar-refractivity contribution in [2.75, 3.05) is 0 Å². The van der Waals surface area contributed by atoms with Gasteiger partial charge in [-0.1, -0.05) is 17.7 Å². The molecule has 0 unspecified atom stereocenters.